The molecule has 88 valence electrons. The van der Waals surface area contributed by atoms with Gasteiger partial charge in [-0.3, -0.25) is 10.2 Å². The Balaban J connectivity index is 1.62. The van der Waals surface area contributed by atoms with Crippen LogP contribution in [0.5, 0.6) is 0 Å². The highest BCUT2D eigenvalue weighted by Crippen LogP contribution is 2.13. The van der Waals surface area contributed by atoms with Crippen LogP contribution in [0.4, 0.5) is 0 Å². The molecule has 0 aromatic carbocycles. The zero-order chi connectivity index (χ0) is 11.0. The van der Waals surface area contributed by atoms with E-state index in [0.29, 0.717) is 0 Å². The van der Waals surface area contributed by atoms with Crippen molar-refractivity contribution in [3.8, 4) is 0 Å². The maximum atomic E-state index is 12.2. The van der Waals surface area contributed by atoms with Crippen molar-refractivity contribution < 1.29 is 4.79 Å². The van der Waals surface area contributed by atoms with Crippen molar-refractivity contribution in [2.45, 2.75) is 25.0 Å². The molecular formula is C10H17N5O. The lowest BCUT2D eigenvalue weighted by molar-refractivity contribution is -0.133. The fraction of sp³-hybridized carbons (Fsp3) is 0.800. The number of fused-ring (bicyclic) bond motifs is 1. The number of piperazine rings is 1. The van der Waals surface area contributed by atoms with Crippen LogP contribution in [0.15, 0.2) is 5.10 Å². The quantitative estimate of drug-likeness (QED) is 0.583. The summed E-state index contributed by atoms with van der Waals surface area (Å²) in [6.45, 7) is 3.33. The molecule has 3 rings (SSSR count). The van der Waals surface area contributed by atoms with E-state index >= 15 is 0 Å². The molecule has 0 radical (unpaired) electrons. The molecule has 0 aromatic rings. The first kappa shape index (κ1) is 9.89. The van der Waals surface area contributed by atoms with Crippen molar-refractivity contribution in [2.75, 3.05) is 26.2 Å². The molecule has 3 aliphatic heterocycles. The largest absolute Gasteiger partial charge is 0.341 e. The summed E-state index contributed by atoms with van der Waals surface area (Å²) < 4.78 is 0. The van der Waals surface area contributed by atoms with E-state index in [2.05, 4.69) is 20.7 Å². The van der Waals surface area contributed by atoms with Gasteiger partial charge in [0.1, 0.15) is 18.5 Å². The van der Waals surface area contributed by atoms with Gasteiger partial charge in [-0.05, 0) is 12.8 Å². The van der Waals surface area contributed by atoms with Gasteiger partial charge >= 0.3 is 0 Å². The minimum Gasteiger partial charge on any atom is -0.341 e. The topological polar surface area (TPSA) is 60.0 Å². The predicted molar refractivity (Wildman–Crippen MR) is 59.7 cm³/mol. The average Bonchev–Trinajstić information content (AvgIpc) is 2.98. The van der Waals surface area contributed by atoms with E-state index in [4.69, 9.17) is 0 Å². The van der Waals surface area contributed by atoms with Crippen molar-refractivity contribution in [1.82, 2.24) is 20.5 Å². The van der Waals surface area contributed by atoms with Crippen LogP contribution in [-0.4, -0.2) is 60.4 Å². The van der Waals surface area contributed by atoms with Gasteiger partial charge < -0.3 is 15.1 Å². The van der Waals surface area contributed by atoms with E-state index in [1.54, 1.807) is 6.34 Å². The highest BCUT2D eigenvalue weighted by molar-refractivity contribution is 5.83. The van der Waals surface area contributed by atoms with Gasteiger partial charge in [-0.25, -0.2) is 0 Å². The maximum Gasteiger partial charge on any atom is 0.241 e. The standard InChI is InChI=1S/C10H17N5O/c16-10(14-3-1-2-4-14)8-6-15-7-12-13-9(15)5-11-8/h7-9,11,13H,1-6H2. The number of carbonyl (C=O) groups is 1. The number of amides is 1. The van der Waals surface area contributed by atoms with Gasteiger partial charge in [-0.15, -0.1) is 0 Å². The molecule has 0 bridgehead atoms. The Labute approximate surface area is 94.7 Å². The van der Waals surface area contributed by atoms with Crippen LogP contribution in [0, 0.1) is 0 Å². The molecule has 2 atom stereocenters. The molecule has 3 heterocycles. The van der Waals surface area contributed by atoms with E-state index in [1.165, 1.54) is 0 Å². The Kier molecular flexibility index (Phi) is 2.43. The second kappa shape index (κ2) is 3.93. The molecule has 6 heteroatoms. The molecule has 0 saturated carbocycles. The number of nitrogens with zero attached hydrogens (tertiary/aromatic N) is 3. The zero-order valence-electron chi connectivity index (χ0n) is 9.22. The van der Waals surface area contributed by atoms with Crippen LogP contribution in [0.25, 0.3) is 0 Å². The minimum atomic E-state index is -0.0688. The molecule has 6 nitrogen and oxygen atoms in total. The number of rotatable bonds is 1. The maximum absolute atomic E-state index is 12.2. The third-order valence-corrected chi connectivity index (χ3v) is 3.50. The Hall–Kier alpha value is -1.30. The molecule has 2 N–H and O–H groups in total. The molecule has 2 saturated heterocycles. The summed E-state index contributed by atoms with van der Waals surface area (Å²) in [4.78, 5) is 16.2. The lowest BCUT2D eigenvalue weighted by Crippen LogP contribution is -2.61. The first-order chi connectivity index (χ1) is 7.84. The Morgan fingerprint density at radius 2 is 2.19 bits per heavy atom. The van der Waals surface area contributed by atoms with Gasteiger partial charge in [0, 0.05) is 26.2 Å². The molecule has 1 amide bonds. The normalized spacial score (nSPS) is 32.8. The van der Waals surface area contributed by atoms with Gasteiger partial charge in [-0.1, -0.05) is 0 Å². The summed E-state index contributed by atoms with van der Waals surface area (Å²) in [6, 6.07) is -0.0688. The number of carbonyl (C=O) groups excluding carboxylic acids is 1. The lowest BCUT2D eigenvalue weighted by atomic mass is 10.1. The van der Waals surface area contributed by atoms with Crippen LogP contribution < -0.4 is 10.7 Å². The first-order valence-electron chi connectivity index (χ1n) is 5.91. The summed E-state index contributed by atoms with van der Waals surface area (Å²) in [5.41, 5.74) is 3.00. The van der Waals surface area contributed by atoms with E-state index in [-0.39, 0.29) is 18.1 Å². The second-order valence-corrected chi connectivity index (χ2v) is 4.58. The fourth-order valence-electron chi connectivity index (χ4n) is 2.54. The molecule has 0 aromatic heterocycles. The monoisotopic (exact) mass is 223 g/mol. The number of hydrogen-bond donors (Lipinski definition) is 2. The molecule has 16 heavy (non-hydrogen) atoms. The third kappa shape index (κ3) is 1.63. The summed E-state index contributed by atoms with van der Waals surface area (Å²) in [7, 11) is 0. The average molecular weight is 223 g/mol. The van der Waals surface area contributed by atoms with Crippen molar-refractivity contribution in [1.29, 1.82) is 0 Å². The predicted octanol–water partition coefficient (Wildman–Crippen LogP) is -1.24. The molecule has 3 aliphatic rings. The zero-order valence-corrected chi connectivity index (χ0v) is 9.22. The molecule has 0 aliphatic carbocycles. The number of hydrogen-bond acceptors (Lipinski definition) is 5. The van der Waals surface area contributed by atoms with Crippen molar-refractivity contribution in [3.05, 3.63) is 0 Å². The first-order valence-corrected chi connectivity index (χ1v) is 5.91. The van der Waals surface area contributed by atoms with E-state index in [9.17, 15) is 4.79 Å². The third-order valence-electron chi connectivity index (χ3n) is 3.50. The van der Waals surface area contributed by atoms with Crippen LogP contribution in [0.3, 0.4) is 0 Å². The Bertz CT molecular complexity index is 312. The minimum absolute atomic E-state index is 0.0688. The number of hydrazone groups is 1. The van der Waals surface area contributed by atoms with Gasteiger partial charge in [0.15, 0.2) is 0 Å². The van der Waals surface area contributed by atoms with Crippen LogP contribution in [0.1, 0.15) is 12.8 Å². The summed E-state index contributed by atoms with van der Waals surface area (Å²) in [6.07, 6.45) is 4.31. The van der Waals surface area contributed by atoms with Crippen molar-refractivity contribution in [2.24, 2.45) is 5.10 Å². The van der Waals surface area contributed by atoms with Crippen LogP contribution in [0.2, 0.25) is 0 Å². The van der Waals surface area contributed by atoms with Crippen molar-refractivity contribution in [3.63, 3.8) is 0 Å². The van der Waals surface area contributed by atoms with Gasteiger partial charge in [0.2, 0.25) is 5.91 Å². The highest BCUT2D eigenvalue weighted by atomic mass is 16.2. The molecule has 0 spiro atoms. The lowest BCUT2D eigenvalue weighted by Gasteiger charge is -2.35. The number of nitrogens with one attached hydrogen (secondary N) is 2. The van der Waals surface area contributed by atoms with Crippen LogP contribution >= 0.6 is 0 Å². The molecular weight excluding hydrogens is 206 g/mol. The van der Waals surface area contributed by atoms with E-state index in [0.717, 1.165) is 39.0 Å². The Morgan fingerprint density at radius 1 is 1.38 bits per heavy atom. The van der Waals surface area contributed by atoms with Crippen LogP contribution in [-0.2, 0) is 4.79 Å². The highest BCUT2D eigenvalue weighted by Gasteiger charge is 2.34. The van der Waals surface area contributed by atoms with Crippen molar-refractivity contribution >= 4 is 12.2 Å². The second-order valence-electron chi connectivity index (χ2n) is 4.58. The summed E-state index contributed by atoms with van der Waals surface area (Å²) >= 11 is 0. The summed E-state index contributed by atoms with van der Waals surface area (Å²) in [5, 5.41) is 7.30. The number of likely N-dealkylation sites (tertiary alicyclic amines) is 1. The van der Waals surface area contributed by atoms with E-state index < -0.39 is 0 Å². The molecule has 2 unspecified atom stereocenters. The Morgan fingerprint density at radius 3 is 3.00 bits per heavy atom. The smallest absolute Gasteiger partial charge is 0.241 e. The van der Waals surface area contributed by atoms with Gasteiger partial charge in [0.05, 0.1) is 0 Å². The summed E-state index contributed by atoms with van der Waals surface area (Å²) in [5.74, 6) is 0.247. The fourth-order valence-corrected chi connectivity index (χ4v) is 2.54. The molecule has 2 fully saturated rings. The van der Waals surface area contributed by atoms with Gasteiger partial charge in [0.25, 0.3) is 0 Å². The SMILES string of the molecule is O=C(C1CN2C=NNC2CN1)N1CCCC1. The van der Waals surface area contributed by atoms with Gasteiger partial charge in [-0.2, -0.15) is 5.10 Å². The van der Waals surface area contributed by atoms with E-state index in [1.807, 2.05) is 4.90 Å².